The first-order valence-electron chi connectivity index (χ1n) is 7.23. The number of anilines is 1. The number of amides is 1. The van der Waals surface area contributed by atoms with Crippen LogP contribution >= 0.6 is 0 Å². The third kappa shape index (κ3) is 3.51. The van der Waals surface area contributed by atoms with Crippen molar-refractivity contribution in [1.29, 1.82) is 0 Å². The van der Waals surface area contributed by atoms with Gasteiger partial charge in [-0.2, -0.15) is 0 Å². The Kier molecular flexibility index (Phi) is 5.52. The molecule has 0 radical (unpaired) electrons. The molecule has 1 fully saturated rings. The number of nitrogens with one attached hydrogen (secondary N) is 2. The number of hydrogen-bond donors (Lipinski definition) is 2. The van der Waals surface area contributed by atoms with Crippen LogP contribution in [0.3, 0.4) is 0 Å². The van der Waals surface area contributed by atoms with Gasteiger partial charge in [0.1, 0.15) is 11.9 Å². The van der Waals surface area contributed by atoms with Crippen molar-refractivity contribution in [1.82, 2.24) is 10.6 Å². The third-order valence-electron chi connectivity index (χ3n) is 3.54. The first-order valence-corrected chi connectivity index (χ1v) is 7.23. The number of hydrogen-bond acceptors (Lipinski definition) is 4. The average molecular weight is 295 g/mol. The van der Waals surface area contributed by atoms with Crippen LogP contribution in [-0.2, 0) is 16.1 Å². The number of carbonyl (C=O) groups excluding carboxylic acids is 1. The fraction of sp³-hybridized carbons (Fsp3) is 0.533. The molecular weight excluding hydrogens is 273 g/mol. The van der Waals surface area contributed by atoms with Crippen LogP contribution in [0.25, 0.3) is 0 Å². The van der Waals surface area contributed by atoms with E-state index < -0.39 is 6.04 Å². The topological polar surface area (TPSA) is 53.6 Å². The highest BCUT2D eigenvalue weighted by atomic mass is 19.1. The van der Waals surface area contributed by atoms with Crippen molar-refractivity contribution in [2.75, 3.05) is 38.3 Å². The lowest BCUT2D eigenvalue weighted by molar-refractivity contribution is -0.124. The molecule has 1 aromatic carbocycles. The van der Waals surface area contributed by atoms with Gasteiger partial charge < -0.3 is 20.3 Å². The number of likely N-dealkylation sites (N-methyl/N-ethyl adjacent to an activating group) is 1. The normalized spacial score (nSPS) is 18.6. The fourth-order valence-corrected chi connectivity index (χ4v) is 2.57. The molecule has 1 saturated heterocycles. The Hall–Kier alpha value is -1.66. The van der Waals surface area contributed by atoms with Gasteiger partial charge in [-0.25, -0.2) is 4.39 Å². The van der Waals surface area contributed by atoms with Crippen LogP contribution in [0.2, 0.25) is 0 Å². The van der Waals surface area contributed by atoms with Crippen molar-refractivity contribution in [3.8, 4) is 0 Å². The van der Waals surface area contributed by atoms with E-state index in [1.165, 1.54) is 6.07 Å². The van der Waals surface area contributed by atoms with Crippen molar-refractivity contribution in [3.05, 3.63) is 29.6 Å². The molecule has 6 heteroatoms. The monoisotopic (exact) mass is 295 g/mol. The SMILES string of the molecule is CCNC(=O)C1COCCN1c1cccc(F)c1CNC. The quantitative estimate of drug-likeness (QED) is 0.847. The van der Waals surface area contributed by atoms with Gasteiger partial charge in [-0.1, -0.05) is 6.07 Å². The molecule has 1 atom stereocenters. The summed E-state index contributed by atoms with van der Waals surface area (Å²) < 4.78 is 19.5. The van der Waals surface area contributed by atoms with E-state index in [9.17, 15) is 9.18 Å². The molecule has 5 nitrogen and oxygen atoms in total. The Morgan fingerprint density at radius 1 is 1.52 bits per heavy atom. The number of halogens is 1. The Morgan fingerprint density at radius 2 is 2.33 bits per heavy atom. The second-order valence-corrected chi connectivity index (χ2v) is 4.95. The van der Waals surface area contributed by atoms with E-state index in [1.807, 2.05) is 17.9 Å². The first kappa shape index (κ1) is 15.7. The summed E-state index contributed by atoms with van der Waals surface area (Å²) in [4.78, 5) is 14.1. The van der Waals surface area contributed by atoms with Crippen molar-refractivity contribution in [2.24, 2.45) is 0 Å². The van der Waals surface area contributed by atoms with Crippen LogP contribution in [0.5, 0.6) is 0 Å². The number of morpholine rings is 1. The van der Waals surface area contributed by atoms with Crippen molar-refractivity contribution in [3.63, 3.8) is 0 Å². The number of nitrogens with zero attached hydrogens (tertiary/aromatic N) is 1. The zero-order valence-electron chi connectivity index (χ0n) is 12.5. The van der Waals surface area contributed by atoms with Crippen LogP contribution in [0.1, 0.15) is 12.5 Å². The highest BCUT2D eigenvalue weighted by molar-refractivity contribution is 5.86. The predicted octanol–water partition coefficient (Wildman–Crippen LogP) is 0.886. The number of benzene rings is 1. The van der Waals surface area contributed by atoms with Gasteiger partial charge in [-0.3, -0.25) is 4.79 Å². The molecule has 116 valence electrons. The zero-order valence-corrected chi connectivity index (χ0v) is 12.5. The standard InChI is InChI=1S/C15H22FN3O2/c1-3-18-15(20)14-10-21-8-7-19(14)13-6-4-5-12(16)11(13)9-17-2/h4-6,14,17H,3,7-10H2,1-2H3,(H,18,20). The number of ether oxygens (including phenoxy) is 1. The number of carbonyl (C=O) groups is 1. The lowest BCUT2D eigenvalue weighted by Crippen LogP contribution is -2.54. The molecular formula is C15H22FN3O2. The molecule has 1 unspecified atom stereocenters. The van der Waals surface area contributed by atoms with Gasteiger partial charge in [0.2, 0.25) is 5.91 Å². The largest absolute Gasteiger partial charge is 0.377 e. The van der Waals surface area contributed by atoms with Gasteiger partial charge in [-0.05, 0) is 26.1 Å². The summed E-state index contributed by atoms with van der Waals surface area (Å²) >= 11 is 0. The average Bonchev–Trinajstić information content (AvgIpc) is 2.50. The molecule has 2 rings (SSSR count). The maximum atomic E-state index is 14.1. The van der Waals surface area contributed by atoms with Crippen LogP contribution in [0, 0.1) is 5.82 Å². The maximum absolute atomic E-state index is 14.1. The Labute approximate surface area is 124 Å². The van der Waals surface area contributed by atoms with Crippen molar-refractivity contribution >= 4 is 11.6 Å². The highest BCUT2D eigenvalue weighted by Crippen LogP contribution is 2.26. The minimum absolute atomic E-state index is 0.0862. The minimum atomic E-state index is -0.420. The summed E-state index contributed by atoms with van der Waals surface area (Å²) in [6, 6.07) is 4.55. The van der Waals surface area contributed by atoms with E-state index in [0.717, 1.165) is 5.69 Å². The van der Waals surface area contributed by atoms with Crippen LogP contribution in [0.4, 0.5) is 10.1 Å². The summed E-state index contributed by atoms with van der Waals surface area (Å²) in [5.74, 6) is -0.347. The van der Waals surface area contributed by atoms with E-state index in [1.54, 1.807) is 13.1 Å². The van der Waals surface area contributed by atoms with E-state index >= 15 is 0 Å². The zero-order chi connectivity index (χ0) is 15.2. The molecule has 0 aliphatic carbocycles. The molecule has 0 bridgehead atoms. The van der Waals surface area contributed by atoms with Crippen LogP contribution < -0.4 is 15.5 Å². The van der Waals surface area contributed by atoms with Gasteiger partial charge in [0.15, 0.2) is 0 Å². The lowest BCUT2D eigenvalue weighted by atomic mass is 10.1. The van der Waals surface area contributed by atoms with E-state index in [0.29, 0.717) is 38.4 Å². The molecule has 1 aromatic rings. The first-order chi connectivity index (χ1) is 10.2. The summed E-state index contributed by atoms with van der Waals surface area (Å²) in [5.41, 5.74) is 1.33. The fourth-order valence-electron chi connectivity index (χ4n) is 2.57. The van der Waals surface area contributed by atoms with E-state index in [2.05, 4.69) is 10.6 Å². The molecule has 1 amide bonds. The molecule has 2 N–H and O–H groups in total. The second-order valence-electron chi connectivity index (χ2n) is 4.95. The Morgan fingerprint density at radius 3 is 3.05 bits per heavy atom. The van der Waals surface area contributed by atoms with E-state index in [-0.39, 0.29) is 11.7 Å². The van der Waals surface area contributed by atoms with Crippen LogP contribution in [-0.4, -0.2) is 45.3 Å². The number of rotatable bonds is 5. The molecule has 1 heterocycles. The van der Waals surface area contributed by atoms with E-state index in [4.69, 9.17) is 4.74 Å². The second kappa shape index (κ2) is 7.38. The van der Waals surface area contributed by atoms with Gasteiger partial charge in [0, 0.05) is 30.9 Å². The van der Waals surface area contributed by atoms with Gasteiger partial charge >= 0.3 is 0 Å². The Bertz CT molecular complexity index is 496. The smallest absolute Gasteiger partial charge is 0.245 e. The van der Waals surface area contributed by atoms with Gasteiger partial charge in [0.05, 0.1) is 13.2 Å². The third-order valence-corrected chi connectivity index (χ3v) is 3.54. The molecule has 0 saturated carbocycles. The van der Waals surface area contributed by atoms with Crippen LogP contribution in [0.15, 0.2) is 18.2 Å². The molecule has 1 aliphatic rings. The van der Waals surface area contributed by atoms with Gasteiger partial charge in [0.25, 0.3) is 0 Å². The maximum Gasteiger partial charge on any atom is 0.245 e. The molecule has 0 aromatic heterocycles. The van der Waals surface area contributed by atoms with Crippen molar-refractivity contribution in [2.45, 2.75) is 19.5 Å². The molecule has 0 spiro atoms. The summed E-state index contributed by atoms with van der Waals surface area (Å²) in [6.07, 6.45) is 0. The van der Waals surface area contributed by atoms with Crippen molar-refractivity contribution < 1.29 is 13.9 Å². The Balaban J connectivity index is 2.33. The molecule has 1 aliphatic heterocycles. The lowest BCUT2D eigenvalue weighted by Gasteiger charge is -2.37. The predicted molar refractivity (Wildman–Crippen MR) is 79.8 cm³/mol. The summed E-state index contributed by atoms with van der Waals surface area (Å²) in [5, 5.41) is 5.79. The molecule has 21 heavy (non-hydrogen) atoms. The van der Waals surface area contributed by atoms with Gasteiger partial charge in [-0.15, -0.1) is 0 Å². The minimum Gasteiger partial charge on any atom is -0.377 e. The summed E-state index contributed by atoms with van der Waals surface area (Å²) in [7, 11) is 1.77. The summed E-state index contributed by atoms with van der Waals surface area (Å²) in [6.45, 7) is 4.28. The highest BCUT2D eigenvalue weighted by Gasteiger charge is 2.31.